The Kier molecular flexibility index (Phi) is 8.43. The summed E-state index contributed by atoms with van der Waals surface area (Å²) in [5.41, 5.74) is 0. The number of carbonyl (C=O) groups excluding carboxylic acids is 2. The van der Waals surface area contributed by atoms with Gasteiger partial charge < -0.3 is 14.3 Å². The molecule has 0 aromatic rings. The number of carbonyl (C=O) groups is 2. The van der Waals surface area contributed by atoms with Crippen LogP contribution in [0.1, 0.15) is 39.5 Å². The van der Waals surface area contributed by atoms with Crippen molar-refractivity contribution >= 4 is 12.6 Å². The molecule has 82 valence electrons. The van der Waals surface area contributed by atoms with Gasteiger partial charge in [0.05, 0.1) is 6.10 Å². The van der Waals surface area contributed by atoms with Crippen molar-refractivity contribution in [3.05, 3.63) is 0 Å². The largest absolute Gasteiger partial charge is 0.378 e. The highest BCUT2D eigenvalue weighted by Gasteiger charge is 2.19. The summed E-state index contributed by atoms with van der Waals surface area (Å²) in [5.74, 6) is -0.125. The molecule has 0 spiro atoms. The number of hydrogen-bond acceptors (Lipinski definition) is 3. The van der Waals surface area contributed by atoms with Gasteiger partial charge in [0.2, 0.25) is 0 Å². The smallest absolute Gasteiger partial charge is 0.125 e. The molecule has 0 fully saturated rings. The van der Waals surface area contributed by atoms with Crippen LogP contribution in [-0.4, -0.2) is 25.3 Å². The highest BCUT2D eigenvalue weighted by Crippen LogP contribution is 2.16. The molecule has 0 bridgehead atoms. The first-order chi connectivity index (χ1) is 6.79. The molecule has 0 rings (SSSR count). The van der Waals surface area contributed by atoms with Crippen LogP contribution in [0.15, 0.2) is 0 Å². The zero-order valence-electron chi connectivity index (χ0n) is 9.07. The molecule has 3 nitrogen and oxygen atoms in total. The van der Waals surface area contributed by atoms with Crippen molar-refractivity contribution in [2.75, 3.05) is 6.61 Å². The van der Waals surface area contributed by atoms with Gasteiger partial charge in [-0.2, -0.15) is 0 Å². The van der Waals surface area contributed by atoms with Crippen LogP contribution >= 0.6 is 0 Å². The summed E-state index contributed by atoms with van der Waals surface area (Å²) in [6.07, 6.45) is 4.69. The van der Waals surface area contributed by atoms with E-state index >= 15 is 0 Å². The van der Waals surface area contributed by atoms with Crippen LogP contribution in [0.4, 0.5) is 0 Å². The van der Waals surface area contributed by atoms with Gasteiger partial charge in [0.1, 0.15) is 12.6 Å². The predicted octanol–water partition coefficient (Wildman–Crippen LogP) is 1.99. The number of aldehydes is 2. The summed E-state index contributed by atoms with van der Waals surface area (Å²) >= 11 is 0. The van der Waals surface area contributed by atoms with E-state index in [0.29, 0.717) is 19.4 Å². The van der Waals surface area contributed by atoms with Crippen molar-refractivity contribution in [3.63, 3.8) is 0 Å². The van der Waals surface area contributed by atoms with E-state index in [1.54, 1.807) is 0 Å². The first-order valence-electron chi connectivity index (χ1n) is 5.30. The van der Waals surface area contributed by atoms with Crippen molar-refractivity contribution in [1.29, 1.82) is 0 Å². The van der Waals surface area contributed by atoms with Crippen molar-refractivity contribution in [1.82, 2.24) is 0 Å². The molecular weight excluding hydrogens is 180 g/mol. The maximum atomic E-state index is 10.8. The molecule has 2 atom stereocenters. The summed E-state index contributed by atoms with van der Waals surface area (Å²) in [6.45, 7) is 4.61. The molecule has 3 heteroatoms. The molecule has 0 radical (unpaired) electrons. The zero-order chi connectivity index (χ0) is 10.8. The van der Waals surface area contributed by atoms with E-state index in [1.807, 2.05) is 6.92 Å². The van der Waals surface area contributed by atoms with Crippen molar-refractivity contribution in [3.8, 4) is 0 Å². The van der Waals surface area contributed by atoms with E-state index in [-0.39, 0.29) is 12.0 Å². The molecule has 0 heterocycles. The Labute approximate surface area is 85.8 Å². The first-order valence-corrected chi connectivity index (χ1v) is 5.30. The Bertz CT molecular complexity index is 151. The molecule has 0 N–H and O–H groups in total. The molecule has 0 aromatic carbocycles. The van der Waals surface area contributed by atoms with Gasteiger partial charge in [-0.25, -0.2) is 0 Å². The number of rotatable bonds is 9. The van der Waals surface area contributed by atoms with E-state index in [0.717, 1.165) is 25.4 Å². The van der Waals surface area contributed by atoms with Crippen molar-refractivity contribution in [2.45, 2.75) is 45.6 Å². The third-order valence-electron chi connectivity index (χ3n) is 2.22. The summed E-state index contributed by atoms with van der Waals surface area (Å²) in [7, 11) is 0. The molecule has 0 saturated heterocycles. The summed E-state index contributed by atoms with van der Waals surface area (Å²) in [6, 6.07) is 0. The zero-order valence-corrected chi connectivity index (χ0v) is 9.07. The minimum Gasteiger partial charge on any atom is -0.378 e. The van der Waals surface area contributed by atoms with Crippen molar-refractivity contribution < 1.29 is 14.3 Å². The highest BCUT2D eigenvalue weighted by atomic mass is 16.5. The SMILES string of the molecule is CCCC(OCC)C(C=O)CCC=O. The minimum absolute atomic E-state index is 0.0116. The highest BCUT2D eigenvalue weighted by molar-refractivity contribution is 5.56. The second-order valence-corrected chi connectivity index (χ2v) is 3.33. The molecule has 0 aliphatic rings. The van der Waals surface area contributed by atoms with Gasteiger partial charge in [0.25, 0.3) is 0 Å². The van der Waals surface area contributed by atoms with E-state index in [2.05, 4.69) is 6.92 Å². The molecule has 2 unspecified atom stereocenters. The lowest BCUT2D eigenvalue weighted by molar-refractivity contribution is -0.117. The maximum absolute atomic E-state index is 10.8. The maximum Gasteiger partial charge on any atom is 0.125 e. The van der Waals surface area contributed by atoms with Crippen LogP contribution in [0.25, 0.3) is 0 Å². The fourth-order valence-electron chi connectivity index (χ4n) is 1.52. The third kappa shape index (κ3) is 5.12. The monoisotopic (exact) mass is 200 g/mol. The van der Waals surface area contributed by atoms with E-state index in [1.165, 1.54) is 0 Å². The standard InChI is InChI=1S/C11H20O3/c1-3-6-11(14-4-2)10(9-13)7-5-8-12/h8-11H,3-7H2,1-2H3. The summed E-state index contributed by atoms with van der Waals surface area (Å²) in [4.78, 5) is 21.0. The normalized spacial score (nSPS) is 14.7. The first kappa shape index (κ1) is 13.3. The van der Waals surface area contributed by atoms with Crippen molar-refractivity contribution in [2.24, 2.45) is 5.92 Å². The summed E-state index contributed by atoms with van der Waals surface area (Å²) in [5, 5.41) is 0. The minimum atomic E-state index is -0.125. The fourth-order valence-corrected chi connectivity index (χ4v) is 1.52. The van der Waals surface area contributed by atoms with Crippen LogP contribution in [0.5, 0.6) is 0 Å². The van der Waals surface area contributed by atoms with Gasteiger partial charge in [-0.15, -0.1) is 0 Å². The van der Waals surface area contributed by atoms with Crippen LogP contribution < -0.4 is 0 Å². The van der Waals surface area contributed by atoms with Gasteiger partial charge in [-0.1, -0.05) is 13.3 Å². The Hall–Kier alpha value is -0.700. The van der Waals surface area contributed by atoms with Gasteiger partial charge in [0, 0.05) is 18.9 Å². The average Bonchev–Trinajstić information content (AvgIpc) is 2.19. The summed E-state index contributed by atoms with van der Waals surface area (Å²) < 4.78 is 5.49. The predicted molar refractivity (Wildman–Crippen MR) is 55.2 cm³/mol. The molecule has 0 aromatic heterocycles. The Morgan fingerprint density at radius 3 is 2.36 bits per heavy atom. The Morgan fingerprint density at radius 2 is 1.93 bits per heavy atom. The van der Waals surface area contributed by atoms with Crippen LogP contribution in [-0.2, 0) is 14.3 Å². The average molecular weight is 200 g/mol. The van der Waals surface area contributed by atoms with Gasteiger partial charge >= 0.3 is 0 Å². The fraction of sp³-hybridized carbons (Fsp3) is 0.818. The van der Waals surface area contributed by atoms with Gasteiger partial charge in [0.15, 0.2) is 0 Å². The van der Waals surface area contributed by atoms with Gasteiger partial charge in [-0.3, -0.25) is 0 Å². The van der Waals surface area contributed by atoms with Crippen LogP contribution in [0, 0.1) is 5.92 Å². The number of ether oxygens (including phenoxy) is 1. The molecular formula is C11H20O3. The molecule has 0 saturated carbocycles. The Morgan fingerprint density at radius 1 is 1.21 bits per heavy atom. The molecule has 0 aliphatic heterocycles. The molecule has 14 heavy (non-hydrogen) atoms. The number of hydrogen-bond donors (Lipinski definition) is 0. The van der Waals surface area contributed by atoms with Crippen LogP contribution in [0.3, 0.4) is 0 Å². The van der Waals surface area contributed by atoms with E-state index in [4.69, 9.17) is 4.74 Å². The lowest BCUT2D eigenvalue weighted by Gasteiger charge is -2.21. The quantitative estimate of drug-likeness (QED) is 0.534. The van der Waals surface area contributed by atoms with Crippen LogP contribution in [0.2, 0.25) is 0 Å². The lowest BCUT2D eigenvalue weighted by atomic mass is 9.95. The molecule has 0 aliphatic carbocycles. The van der Waals surface area contributed by atoms with Gasteiger partial charge in [-0.05, 0) is 19.8 Å². The third-order valence-corrected chi connectivity index (χ3v) is 2.22. The topological polar surface area (TPSA) is 43.4 Å². The van der Waals surface area contributed by atoms with E-state index < -0.39 is 0 Å². The Balaban J connectivity index is 4.09. The van der Waals surface area contributed by atoms with E-state index in [9.17, 15) is 9.59 Å². The second kappa shape index (κ2) is 8.88. The second-order valence-electron chi connectivity index (χ2n) is 3.33. The molecule has 0 amide bonds. The lowest BCUT2D eigenvalue weighted by Crippen LogP contribution is -2.25.